The number of nitrogens with one attached hydrogen (secondary N) is 1. The molecule has 2 aromatic rings. The van der Waals surface area contributed by atoms with Crippen molar-refractivity contribution in [2.75, 3.05) is 23.3 Å². The van der Waals surface area contributed by atoms with Gasteiger partial charge in [0.25, 0.3) is 0 Å². The summed E-state index contributed by atoms with van der Waals surface area (Å²) in [6, 6.07) is 5.89. The molecular formula is C16H17FN4O. The maximum absolute atomic E-state index is 12.8. The molecule has 0 radical (unpaired) electrons. The number of anilines is 2. The molecule has 1 N–H and O–H groups in total. The van der Waals surface area contributed by atoms with Crippen molar-refractivity contribution in [3.8, 4) is 0 Å². The molecule has 0 aliphatic carbocycles. The van der Waals surface area contributed by atoms with Crippen molar-refractivity contribution in [3.63, 3.8) is 0 Å². The highest BCUT2D eigenvalue weighted by Crippen LogP contribution is 2.16. The third-order valence-corrected chi connectivity index (χ3v) is 3.59. The number of amides is 1. The lowest BCUT2D eigenvalue weighted by molar-refractivity contribution is -0.115. The van der Waals surface area contributed by atoms with E-state index in [1.807, 2.05) is 0 Å². The lowest BCUT2D eigenvalue weighted by atomic mass is 10.1. The molecule has 1 saturated heterocycles. The Morgan fingerprint density at radius 1 is 1.14 bits per heavy atom. The van der Waals surface area contributed by atoms with Crippen LogP contribution < -0.4 is 10.2 Å². The first-order valence-corrected chi connectivity index (χ1v) is 7.32. The van der Waals surface area contributed by atoms with Crippen LogP contribution in [-0.2, 0) is 11.2 Å². The lowest BCUT2D eigenvalue weighted by Crippen LogP contribution is -2.21. The first kappa shape index (κ1) is 14.4. The number of aromatic nitrogens is 2. The topological polar surface area (TPSA) is 58.1 Å². The summed E-state index contributed by atoms with van der Waals surface area (Å²) < 4.78 is 12.8. The first-order chi connectivity index (χ1) is 10.7. The highest BCUT2D eigenvalue weighted by atomic mass is 19.1. The molecule has 1 fully saturated rings. The minimum atomic E-state index is -0.310. The summed E-state index contributed by atoms with van der Waals surface area (Å²) in [5.74, 6) is 0.216. The zero-order chi connectivity index (χ0) is 15.4. The molecule has 0 unspecified atom stereocenters. The van der Waals surface area contributed by atoms with E-state index in [9.17, 15) is 9.18 Å². The van der Waals surface area contributed by atoms with Crippen molar-refractivity contribution in [1.29, 1.82) is 0 Å². The van der Waals surface area contributed by atoms with Gasteiger partial charge in [0, 0.05) is 13.1 Å². The molecule has 0 spiro atoms. The van der Waals surface area contributed by atoms with Crippen LogP contribution in [0.1, 0.15) is 18.4 Å². The Bertz CT molecular complexity index is 636. The van der Waals surface area contributed by atoms with Gasteiger partial charge in [0.05, 0.1) is 24.5 Å². The standard InChI is InChI=1S/C16H17FN4O/c17-13-5-3-12(4-6-13)9-15(22)20-14-10-18-16(19-11-14)21-7-1-2-8-21/h3-6,10-11H,1-2,7-9H2,(H,20,22). The Morgan fingerprint density at radius 3 is 2.41 bits per heavy atom. The molecule has 114 valence electrons. The third-order valence-electron chi connectivity index (χ3n) is 3.59. The van der Waals surface area contributed by atoms with E-state index in [1.54, 1.807) is 24.5 Å². The molecule has 6 heteroatoms. The van der Waals surface area contributed by atoms with Crippen molar-refractivity contribution in [2.45, 2.75) is 19.3 Å². The maximum atomic E-state index is 12.8. The fraction of sp³-hybridized carbons (Fsp3) is 0.312. The molecule has 1 aromatic heterocycles. The molecule has 2 heterocycles. The first-order valence-electron chi connectivity index (χ1n) is 7.32. The molecule has 0 bridgehead atoms. The average Bonchev–Trinajstić information content (AvgIpc) is 3.05. The van der Waals surface area contributed by atoms with Crippen LogP contribution in [0, 0.1) is 5.82 Å². The number of benzene rings is 1. The number of nitrogens with zero attached hydrogens (tertiary/aromatic N) is 3. The van der Waals surface area contributed by atoms with E-state index in [4.69, 9.17) is 0 Å². The zero-order valence-electron chi connectivity index (χ0n) is 12.1. The summed E-state index contributed by atoms with van der Waals surface area (Å²) in [5.41, 5.74) is 1.32. The highest BCUT2D eigenvalue weighted by Gasteiger charge is 2.14. The quantitative estimate of drug-likeness (QED) is 0.942. The van der Waals surface area contributed by atoms with Gasteiger partial charge in [-0.2, -0.15) is 0 Å². The molecule has 0 saturated carbocycles. The van der Waals surface area contributed by atoms with Crippen molar-refractivity contribution >= 4 is 17.5 Å². The van der Waals surface area contributed by atoms with Gasteiger partial charge in [-0.1, -0.05) is 12.1 Å². The number of carbonyl (C=O) groups excluding carboxylic acids is 1. The Morgan fingerprint density at radius 2 is 1.77 bits per heavy atom. The van der Waals surface area contributed by atoms with Gasteiger partial charge in [-0.05, 0) is 30.5 Å². The van der Waals surface area contributed by atoms with E-state index >= 15 is 0 Å². The summed E-state index contributed by atoms with van der Waals surface area (Å²) in [4.78, 5) is 22.6. The summed E-state index contributed by atoms with van der Waals surface area (Å²) in [5, 5.41) is 2.75. The highest BCUT2D eigenvalue weighted by molar-refractivity contribution is 5.91. The average molecular weight is 300 g/mol. The Kier molecular flexibility index (Phi) is 4.27. The minimum Gasteiger partial charge on any atom is -0.341 e. The van der Waals surface area contributed by atoms with Gasteiger partial charge < -0.3 is 10.2 Å². The Balaban J connectivity index is 1.57. The number of carbonyl (C=O) groups is 1. The molecule has 1 amide bonds. The molecular weight excluding hydrogens is 283 g/mol. The largest absolute Gasteiger partial charge is 0.341 e. The number of rotatable bonds is 4. The van der Waals surface area contributed by atoms with Gasteiger partial charge in [-0.3, -0.25) is 4.79 Å². The number of hydrogen-bond acceptors (Lipinski definition) is 4. The van der Waals surface area contributed by atoms with E-state index in [-0.39, 0.29) is 18.1 Å². The zero-order valence-corrected chi connectivity index (χ0v) is 12.1. The second-order valence-corrected chi connectivity index (χ2v) is 5.32. The maximum Gasteiger partial charge on any atom is 0.228 e. The van der Waals surface area contributed by atoms with Gasteiger partial charge in [0.15, 0.2) is 0 Å². The van der Waals surface area contributed by atoms with Gasteiger partial charge in [0.1, 0.15) is 5.82 Å². The molecule has 1 aromatic carbocycles. The SMILES string of the molecule is O=C(Cc1ccc(F)cc1)Nc1cnc(N2CCCC2)nc1. The van der Waals surface area contributed by atoms with Crippen LogP contribution in [0.3, 0.4) is 0 Å². The fourth-order valence-electron chi connectivity index (χ4n) is 2.46. The second kappa shape index (κ2) is 6.51. The summed E-state index contributed by atoms with van der Waals surface area (Å²) >= 11 is 0. The van der Waals surface area contributed by atoms with Gasteiger partial charge in [-0.25, -0.2) is 14.4 Å². The fourth-order valence-corrected chi connectivity index (χ4v) is 2.46. The Labute approximate surface area is 128 Å². The monoisotopic (exact) mass is 300 g/mol. The molecule has 22 heavy (non-hydrogen) atoms. The van der Waals surface area contributed by atoms with Crippen LogP contribution in [-0.4, -0.2) is 29.0 Å². The molecule has 1 aliphatic heterocycles. The molecule has 1 aliphatic rings. The molecule has 3 rings (SSSR count). The molecule has 0 atom stereocenters. The van der Waals surface area contributed by atoms with Crippen LogP contribution in [0.15, 0.2) is 36.7 Å². The normalized spacial score (nSPS) is 14.1. The minimum absolute atomic E-state index is 0.177. The van der Waals surface area contributed by atoms with E-state index in [1.165, 1.54) is 25.0 Å². The van der Waals surface area contributed by atoms with E-state index in [0.717, 1.165) is 18.7 Å². The van der Waals surface area contributed by atoms with Crippen LogP contribution in [0.2, 0.25) is 0 Å². The van der Waals surface area contributed by atoms with Crippen molar-refractivity contribution in [1.82, 2.24) is 9.97 Å². The summed E-state index contributed by atoms with van der Waals surface area (Å²) in [6.07, 6.45) is 5.75. The van der Waals surface area contributed by atoms with Crippen LogP contribution in [0.25, 0.3) is 0 Å². The predicted molar refractivity (Wildman–Crippen MR) is 82.2 cm³/mol. The second-order valence-electron chi connectivity index (χ2n) is 5.32. The van der Waals surface area contributed by atoms with E-state index < -0.39 is 0 Å². The van der Waals surface area contributed by atoms with E-state index in [2.05, 4.69) is 20.2 Å². The Hall–Kier alpha value is -2.50. The van der Waals surface area contributed by atoms with Crippen molar-refractivity contribution < 1.29 is 9.18 Å². The summed E-state index contributed by atoms with van der Waals surface area (Å²) in [7, 11) is 0. The van der Waals surface area contributed by atoms with Crippen molar-refractivity contribution in [2.24, 2.45) is 0 Å². The van der Waals surface area contributed by atoms with Gasteiger partial charge in [-0.15, -0.1) is 0 Å². The predicted octanol–water partition coefficient (Wildman–Crippen LogP) is 2.40. The number of hydrogen-bond donors (Lipinski definition) is 1. The molecule has 5 nitrogen and oxygen atoms in total. The lowest BCUT2D eigenvalue weighted by Gasteiger charge is -2.14. The number of halogens is 1. The van der Waals surface area contributed by atoms with Crippen LogP contribution in [0.5, 0.6) is 0 Å². The summed E-state index contributed by atoms with van der Waals surface area (Å²) in [6.45, 7) is 1.96. The van der Waals surface area contributed by atoms with Crippen LogP contribution >= 0.6 is 0 Å². The van der Waals surface area contributed by atoms with Gasteiger partial charge >= 0.3 is 0 Å². The van der Waals surface area contributed by atoms with Gasteiger partial charge in [0.2, 0.25) is 11.9 Å². The third kappa shape index (κ3) is 3.58. The van der Waals surface area contributed by atoms with Crippen LogP contribution in [0.4, 0.5) is 16.0 Å². The smallest absolute Gasteiger partial charge is 0.228 e. The van der Waals surface area contributed by atoms with Crippen molar-refractivity contribution in [3.05, 3.63) is 48.0 Å². The van der Waals surface area contributed by atoms with E-state index in [0.29, 0.717) is 11.6 Å².